The molecule has 160 valence electrons. The molecular formula is C23H18ClN5O3. The number of aryl methyl sites for hydroxylation is 1. The minimum atomic E-state index is -0.592. The molecule has 0 N–H and O–H groups in total. The summed E-state index contributed by atoms with van der Waals surface area (Å²) >= 11 is 6.53. The molecule has 9 heteroatoms. The first-order valence-electron chi connectivity index (χ1n) is 9.91. The largest absolute Gasteiger partial charge is 0.332 e. The molecule has 8 nitrogen and oxygen atoms in total. The van der Waals surface area contributed by atoms with E-state index in [2.05, 4.69) is 4.98 Å². The van der Waals surface area contributed by atoms with Crippen molar-refractivity contribution in [1.29, 1.82) is 0 Å². The maximum absolute atomic E-state index is 13.3. The minimum absolute atomic E-state index is 0.214. The molecule has 5 rings (SSSR count). The van der Waals surface area contributed by atoms with E-state index in [1.807, 2.05) is 53.1 Å². The summed E-state index contributed by atoms with van der Waals surface area (Å²) in [6.07, 6.45) is 1.80. The smallest absolute Gasteiger partial charge is 0.298 e. The summed E-state index contributed by atoms with van der Waals surface area (Å²) in [6.45, 7) is 1.04. The third kappa shape index (κ3) is 2.91. The lowest BCUT2D eigenvalue weighted by molar-refractivity contribution is -0.117. The van der Waals surface area contributed by atoms with E-state index in [1.165, 1.54) is 18.5 Å². The molecule has 0 aliphatic rings. The SMILES string of the molecule is CC(=O)Cn1c(=O)c2c(nc3n(-c4ccccc4Cl)c(-c4ccccc4)cn23)n(C)c1=O. The van der Waals surface area contributed by atoms with Crippen LogP contribution in [0.2, 0.25) is 5.02 Å². The average Bonchev–Trinajstić information content (AvgIpc) is 3.32. The zero-order chi connectivity index (χ0) is 22.6. The van der Waals surface area contributed by atoms with Crippen LogP contribution in [-0.2, 0) is 18.4 Å². The van der Waals surface area contributed by atoms with E-state index in [-0.39, 0.29) is 23.5 Å². The molecule has 5 aromatic rings. The Morgan fingerprint density at radius 1 is 1.03 bits per heavy atom. The van der Waals surface area contributed by atoms with Crippen LogP contribution >= 0.6 is 11.6 Å². The van der Waals surface area contributed by atoms with Gasteiger partial charge >= 0.3 is 5.69 Å². The first-order valence-corrected chi connectivity index (χ1v) is 10.3. The van der Waals surface area contributed by atoms with Crippen molar-refractivity contribution >= 4 is 34.3 Å². The maximum Gasteiger partial charge on any atom is 0.332 e. The first kappa shape index (κ1) is 20.0. The van der Waals surface area contributed by atoms with Crippen molar-refractivity contribution < 1.29 is 4.79 Å². The van der Waals surface area contributed by atoms with E-state index in [4.69, 9.17) is 11.6 Å². The maximum atomic E-state index is 13.3. The van der Waals surface area contributed by atoms with Gasteiger partial charge in [-0.05, 0) is 19.1 Å². The second kappa shape index (κ2) is 7.35. The minimum Gasteiger partial charge on any atom is -0.298 e. The van der Waals surface area contributed by atoms with Crippen LogP contribution in [0.3, 0.4) is 0 Å². The molecule has 3 aromatic heterocycles. The van der Waals surface area contributed by atoms with Gasteiger partial charge in [0.25, 0.3) is 5.56 Å². The molecule has 0 fully saturated rings. The van der Waals surface area contributed by atoms with E-state index in [0.29, 0.717) is 16.5 Å². The standard InChI is InChI=1S/C23H18ClN5O3/c1-14(30)12-28-21(31)19-20(26(2)23(28)32)25-22-27(19)13-18(15-8-4-3-5-9-15)29(22)17-11-7-6-10-16(17)24/h3-11,13H,12H2,1-2H3. The molecule has 0 saturated carbocycles. The zero-order valence-electron chi connectivity index (χ0n) is 17.3. The third-order valence-corrected chi connectivity index (χ3v) is 5.71. The van der Waals surface area contributed by atoms with Gasteiger partial charge in [-0.1, -0.05) is 54.1 Å². The topological polar surface area (TPSA) is 83.3 Å². The quantitative estimate of drug-likeness (QED) is 0.424. The van der Waals surface area contributed by atoms with Gasteiger partial charge in [-0.25, -0.2) is 4.79 Å². The number of ketones is 1. The van der Waals surface area contributed by atoms with Crippen molar-refractivity contribution in [3.05, 3.63) is 86.7 Å². The highest BCUT2D eigenvalue weighted by Gasteiger charge is 2.23. The zero-order valence-corrected chi connectivity index (χ0v) is 18.1. The molecule has 0 spiro atoms. The Kier molecular flexibility index (Phi) is 4.60. The van der Waals surface area contributed by atoms with Gasteiger partial charge in [0.05, 0.1) is 22.9 Å². The number of Topliss-reactive ketones (excluding diaryl/α,β-unsaturated/α-hetero) is 1. The molecule has 0 aliphatic carbocycles. The number of benzene rings is 2. The molecule has 0 aliphatic heterocycles. The lowest BCUT2D eigenvalue weighted by atomic mass is 10.1. The number of hydrogen-bond donors (Lipinski definition) is 0. The Morgan fingerprint density at radius 3 is 2.41 bits per heavy atom. The van der Waals surface area contributed by atoms with Crippen LogP contribution in [0.1, 0.15) is 6.92 Å². The van der Waals surface area contributed by atoms with Crippen LogP contribution in [0.15, 0.2) is 70.4 Å². The summed E-state index contributed by atoms with van der Waals surface area (Å²) in [5, 5.41) is 0.512. The molecule has 0 amide bonds. The fraction of sp³-hybridized carbons (Fsp3) is 0.130. The van der Waals surface area contributed by atoms with Crippen molar-refractivity contribution in [2.45, 2.75) is 13.5 Å². The van der Waals surface area contributed by atoms with Gasteiger partial charge in [0.1, 0.15) is 5.78 Å². The molecule has 3 heterocycles. The number of rotatable bonds is 4. The Morgan fingerprint density at radius 2 is 1.72 bits per heavy atom. The van der Waals surface area contributed by atoms with Gasteiger partial charge in [0, 0.05) is 18.8 Å². The van der Waals surface area contributed by atoms with Gasteiger partial charge < -0.3 is 0 Å². The number of para-hydroxylation sites is 1. The second-order valence-corrected chi connectivity index (χ2v) is 7.96. The first-order chi connectivity index (χ1) is 15.4. The summed E-state index contributed by atoms with van der Waals surface area (Å²) < 4.78 is 5.73. The average molecular weight is 448 g/mol. The third-order valence-electron chi connectivity index (χ3n) is 5.39. The lowest BCUT2D eigenvalue weighted by Crippen LogP contribution is -2.40. The Balaban J connectivity index is 1.96. The molecule has 0 radical (unpaired) electrons. The number of imidazole rings is 2. The normalized spacial score (nSPS) is 11.5. The highest BCUT2D eigenvalue weighted by atomic mass is 35.5. The highest BCUT2D eigenvalue weighted by Crippen LogP contribution is 2.31. The van der Waals surface area contributed by atoms with Gasteiger partial charge in [-0.3, -0.25) is 27.7 Å². The number of halogens is 1. The number of carbonyl (C=O) groups excluding carboxylic acids is 1. The van der Waals surface area contributed by atoms with Crippen LogP contribution < -0.4 is 11.2 Å². The van der Waals surface area contributed by atoms with Crippen molar-refractivity contribution in [2.75, 3.05) is 0 Å². The van der Waals surface area contributed by atoms with Crippen molar-refractivity contribution in [1.82, 2.24) is 23.1 Å². The summed E-state index contributed by atoms with van der Waals surface area (Å²) in [4.78, 5) is 42.3. The van der Waals surface area contributed by atoms with Gasteiger partial charge in [0.2, 0.25) is 5.78 Å². The Labute approximate surface area is 186 Å². The predicted molar refractivity (Wildman–Crippen MR) is 123 cm³/mol. The van der Waals surface area contributed by atoms with Gasteiger partial charge in [-0.15, -0.1) is 0 Å². The van der Waals surface area contributed by atoms with Crippen LogP contribution in [0, 0.1) is 0 Å². The number of carbonyl (C=O) groups is 1. The fourth-order valence-corrected chi connectivity index (χ4v) is 4.16. The fourth-order valence-electron chi connectivity index (χ4n) is 3.94. The number of fused-ring (bicyclic) bond motifs is 3. The summed E-state index contributed by atoms with van der Waals surface area (Å²) in [6, 6.07) is 17.0. The molecule has 0 bridgehead atoms. The molecule has 0 atom stereocenters. The van der Waals surface area contributed by atoms with Crippen LogP contribution in [0.25, 0.3) is 33.9 Å². The van der Waals surface area contributed by atoms with Crippen molar-refractivity contribution in [3.8, 4) is 16.9 Å². The summed E-state index contributed by atoms with van der Waals surface area (Å²) in [5.74, 6) is 0.141. The van der Waals surface area contributed by atoms with Gasteiger partial charge in [-0.2, -0.15) is 4.98 Å². The Bertz CT molecular complexity index is 1640. The van der Waals surface area contributed by atoms with E-state index < -0.39 is 11.2 Å². The number of aromatic nitrogens is 5. The van der Waals surface area contributed by atoms with E-state index in [0.717, 1.165) is 15.8 Å². The monoisotopic (exact) mass is 447 g/mol. The van der Waals surface area contributed by atoms with Crippen LogP contribution in [0.5, 0.6) is 0 Å². The number of hydrogen-bond acceptors (Lipinski definition) is 4. The van der Waals surface area contributed by atoms with E-state index in [9.17, 15) is 14.4 Å². The molecule has 0 unspecified atom stereocenters. The van der Waals surface area contributed by atoms with Crippen molar-refractivity contribution in [2.24, 2.45) is 7.05 Å². The molecular weight excluding hydrogens is 430 g/mol. The van der Waals surface area contributed by atoms with Gasteiger partial charge in [0.15, 0.2) is 11.2 Å². The van der Waals surface area contributed by atoms with Crippen LogP contribution in [0.4, 0.5) is 0 Å². The van der Waals surface area contributed by atoms with Crippen molar-refractivity contribution in [3.63, 3.8) is 0 Å². The predicted octanol–water partition coefficient (Wildman–Crippen LogP) is 3.05. The second-order valence-electron chi connectivity index (χ2n) is 7.56. The molecule has 2 aromatic carbocycles. The molecule has 0 saturated heterocycles. The summed E-state index contributed by atoms with van der Waals surface area (Å²) in [5.41, 5.74) is 1.65. The van der Waals surface area contributed by atoms with Crippen LogP contribution in [-0.4, -0.2) is 28.9 Å². The Hall–Kier alpha value is -3.91. The summed E-state index contributed by atoms with van der Waals surface area (Å²) in [7, 11) is 1.53. The highest BCUT2D eigenvalue weighted by molar-refractivity contribution is 6.32. The van der Waals surface area contributed by atoms with E-state index in [1.54, 1.807) is 16.7 Å². The van der Waals surface area contributed by atoms with E-state index >= 15 is 0 Å². The molecule has 32 heavy (non-hydrogen) atoms. The number of nitrogens with zero attached hydrogens (tertiary/aromatic N) is 5. The lowest BCUT2D eigenvalue weighted by Gasteiger charge is -2.10.